The van der Waals surface area contributed by atoms with Crippen LogP contribution in [0.5, 0.6) is 11.5 Å². The number of benzene rings is 3. The molecule has 4 rings (SSSR count). The van der Waals surface area contributed by atoms with Gasteiger partial charge in [0.25, 0.3) is 15.9 Å². The van der Waals surface area contributed by atoms with Crippen LogP contribution in [0, 0.1) is 11.6 Å². The van der Waals surface area contributed by atoms with Crippen molar-refractivity contribution in [2.45, 2.75) is 11.5 Å². The number of sulfonamides is 1. The van der Waals surface area contributed by atoms with Crippen LogP contribution in [0.25, 0.3) is 11.3 Å². The molecule has 3 aromatic carbocycles. The molecule has 0 spiro atoms. The van der Waals surface area contributed by atoms with Crippen LogP contribution in [0.15, 0.2) is 72.0 Å². The largest absolute Gasteiger partial charge is 0.493 e. The van der Waals surface area contributed by atoms with Gasteiger partial charge in [0.15, 0.2) is 17.3 Å². The van der Waals surface area contributed by atoms with Crippen molar-refractivity contribution in [3.05, 3.63) is 94.9 Å². The Morgan fingerprint density at radius 2 is 1.84 bits per heavy atom. The summed E-state index contributed by atoms with van der Waals surface area (Å²) in [5.74, 6) is -3.49. The van der Waals surface area contributed by atoms with E-state index in [1.54, 1.807) is 46.9 Å². The zero-order valence-electron chi connectivity index (χ0n) is 20.0. The van der Waals surface area contributed by atoms with Gasteiger partial charge in [-0.2, -0.15) is 0 Å². The fourth-order valence-electron chi connectivity index (χ4n) is 3.43. The van der Waals surface area contributed by atoms with Crippen LogP contribution >= 0.6 is 11.6 Å². The average molecular weight is 563 g/mol. The molecule has 0 saturated heterocycles. The molecule has 0 radical (unpaired) electrons. The minimum atomic E-state index is -4.67. The summed E-state index contributed by atoms with van der Waals surface area (Å²) < 4.78 is 67.5. The highest BCUT2D eigenvalue weighted by Crippen LogP contribution is 2.33. The van der Waals surface area contributed by atoms with Gasteiger partial charge in [0.2, 0.25) is 0 Å². The lowest BCUT2D eigenvalue weighted by Gasteiger charge is -2.15. The number of aryl methyl sites for hydroxylation is 1. The predicted molar refractivity (Wildman–Crippen MR) is 135 cm³/mol. The lowest BCUT2D eigenvalue weighted by Crippen LogP contribution is -2.42. The summed E-state index contributed by atoms with van der Waals surface area (Å²) in [7, 11) is -1.67. The first kappa shape index (κ1) is 27.0. The second-order valence-corrected chi connectivity index (χ2v) is 10.1. The van der Waals surface area contributed by atoms with Crippen molar-refractivity contribution in [3.8, 4) is 22.8 Å². The van der Waals surface area contributed by atoms with Gasteiger partial charge >= 0.3 is 0 Å². The van der Waals surface area contributed by atoms with Gasteiger partial charge in [-0.15, -0.1) is 4.83 Å². The van der Waals surface area contributed by atoms with Crippen LogP contribution in [0.4, 0.5) is 8.78 Å². The molecule has 1 amide bonds. The molecule has 1 aromatic heterocycles. The van der Waals surface area contributed by atoms with E-state index in [1.807, 2.05) is 11.5 Å². The number of amides is 1. The van der Waals surface area contributed by atoms with Gasteiger partial charge in [0.05, 0.1) is 29.7 Å². The summed E-state index contributed by atoms with van der Waals surface area (Å²) >= 11 is 5.94. The Labute approximate surface area is 222 Å². The van der Waals surface area contributed by atoms with E-state index in [1.165, 1.54) is 19.5 Å². The Bertz CT molecular complexity index is 1600. The Morgan fingerprint density at radius 1 is 1.11 bits per heavy atom. The molecule has 4 aromatic rings. The minimum Gasteiger partial charge on any atom is -0.493 e. The number of imidazole rings is 1. The van der Waals surface area contributed by atoms with Crippen LogP contribution in [0.1, 0.15) is 15.9 Å². The Kier molecular flexibility index (Phi) is 7.95. The van der Waals surface area contributed by atoms with E-state index in [-0.39, 0.29) is 23.1 Å². The number of nitrogens with one attached hydrogen (secondary N) is 2. The fraction of sp³-hybridized carbons (Fsp3) is 0.120. The first-order valence-corrected chi connectivity index (χ1v) is 12.8. The van der Waals surface area contributed by atoms with Crippen molar-refractivity contribution in [2.24, 2.45) is 7.05 Å². The van der Waals surface area contributed by atoms with Crippen LogP contribution in [-0.4, -0.2) is 31.0 Å². The van der Waals surface area contributed by atoms with Gasteiger partial charge in [-0.25, -0.2) is 22.2 Å². The first-order valence-electron chi connectivity index (χ1n) is 10.9. The summed E-state index contributed by atoms with van der Waals surface area (Å²) in [6, 6.07) is 13.2. The third-order valence-electron chi connectivity index (χ3n) is 5.32. The van der Waals surface area contributed by atoms with Gasteiger partial charge in [0, 0.05) is 30.9 Å². The number of methoxy groups -OCH3 is 1. The molecule has 0 aliphatic heterocycles. The number of rotatable bonds is 9. The van der Waals surface area contributed by atoms with Crippen LogP contribution in [-0.2, 0) is 23.7 Å². The van der Waals surface area contributed by atoms with Crippen LogP contribution < -0.4 is 19.7 Å². The van der Waals surface area contributed by atoms with Gasteiger partial charge in [0.1, 0.15) is 17.3 Å². The number of carbonyl (C=O) groups excluding carboxylic acids is 1. The highest BCUT2D eigenvalue weighted by atomic mass is 35.5. The van der Waals surface area contributed by atoms with Gasteiger partial charge in [-0.1, -0.05) is 41.9 Å². The average Bonchev–Trinajstić information content (AvgIpc) is 3.34. The van der Waals surface area contributed by atoms with E-state index < -0.39 is 38.0 Å². The van der Waals surface area contributed by atoms with Crippen LogP contribution in [0.2, 0.25) is 5.02 Å². The van der Waals surface area contributed by atoms with Crippen molar-refractivity contribution in [3.63, 3.8) is 0 Å². The molecular formula is C25H21ClF2N4O5S. The van der Waals surface area contributed by atoms with Crippen molar-refractivity contribution in [1.29, 1.82) is 0 Å². The SMILES string of the molecule is COc1cc(F)c(S(=O)(=O)NNC(=O)c2cc(-c3cn(C)cn3)cc(Cl)c2F)cc1OCc1ccccc1. The molecule has 0 aliphatic rings. The molecule has 198 valence electrons. The van der Waals surface area contributed by atoms with E-state index in [4.69, 9.17) is 21.1 Å². The molecule has 1 heterocycles. The van der Waals surface area contributed by atoms with Crippen molar-refractivity contribution in [2.75, 3.05) is 7.11 Å². The topological polar surface area (TPSA) is 112 Å². The maximum absolute atomic E-state index is 14.7. The van der Waals surface area contributed by atoms with E-state index >= 15 is 0 Å². The molecule has 0 saturated carbocycles. The van der Waals surface area contributed by atoms with Crippen molar-refractivity contribution < 1.29 is 31.5 Å². The second-order valence-electron chi connectivity index (χ2n) is 8.01. The second kappa shape index (κ2) is 11.2. The number of carbonyl (C=O) groups is 1. The zero-order valence-corrected chi connectivity index (χ0v) is 21.6. The molecule has 13 heteroatoms. The lowest BCUT2D eigenvalue weighted by molar-refractivity contribution is 0.0941. The van der Waals surface area contributed by atoms with E-state index in [2.05, 4.69) is 4.98 Å². The number of aromatic nitrogens is 2. The standard InChI is InChI=1S/C25H21ClF2N4O5S/c1-32-12-20(29-14-32)16-8-17(24(28)18(26)9-16)25(33)30-31-38(34,35)23-11-22(21(36-2)10-19(23)27)37-13-15-6-4-3-5-7-15/h3-12,14,31H,13H2,1-2H3,(H,30,33). The number of hydrazine groups is 1. The third kappa shape index (κ3) is 5.93. The first-order chi connectivity index (χ1) is 18.1. The van der Waals surface area contributed by atoms with Gasteiger partial charge < -0.3 is 14.0 Å². The monoisotopic (exact) mass is 562 g/mol. The maximum atomic E-state index is 14.7. The maximum Gasteiger partial charge on any atom is 0.269 e. The molecule has 0 unspecified atom stereocenters. The summed E-state index contributed by atoms with van der Waals surface area (Å²) in [4.78, 5) is 17.8. The van der Waals surface area contributed by atoms with E-state index in [0.717, 1.165) is 23.8 Å². The van der Waals surface area contributed by atoms with E-state index in [9.17, 15) is 22.0 Å². The molecule has 0 aliphatic carbocycles. The summed E-state index contributed by atoms with van der Waals surface area (Å²) in [6.07, 6.45) is 3.12. The molecule has 0 bridgehead atoms. The Hall–Kier alpha value is -4.00. The molecule has 2 N–H and O–H groups in total. The highest BCUT2D eigenvalue weighted by molar-refractivity contribution is 7.89. The van der Waals surface area contributed by atoms with Gasteiger partial charge in [-0.05, 0) is 17.7 Å². The van der Waals surface area contributed by atoms with Gasteiger partial charge in [-0.3, -0.25) is 10.2 Å². The number of nitrogens with zero attached hydrogens (tertiary/aromatic N) is 2. The Balaban J connectivity index is 1.56. The molecule has 0 fully saturated rings. The number of hydrogen-bond donors (Lipinski definition) is 2. The van der Waals surface area contributed by atoms with Crippen molar-refractivity contribution in [1.82, 2.24) is 19.8 Å². The Morgan fingerprint density at radius 3 is 2.50 bits per heavy atom. The smallest absolute Gasteiger partial charge is 0.269 e. The van der Waals surface area contributed by atoms with Crippen LogP contribution in [0.3, 0.4) is 0 Å². The van der Waals surface area contributed by atoms with Crippen molar-refractivity contribution >= 4 is 27.5 Å². The summed E-state index contributed by atoms with van der Waals surface area (Å²) in [6.45, 7) is 0.0547. The fourth-order valence-corrected chi connectivity index (χ4v) is 4.56. The zero-order chi connectivity index (χ0) is 27.4. The number of hydrogen-bond acceptors (Lipinski definition) is 6. The van der Waals surface area contributed by atoms with E-state index in [0.29, 0.717) is 11.3 Å². The molecular weight excluding hydrogens is 542 g/mol. The molecule has 9 nitrogen and oxygen atoms in total. The molecule has 0 atom stereocenters. The minimum absolute atomic E-state index is 0.0375. The highest BCUT2D eigenvalue weighted by Gasteiger charge is 2.25. The number of ether oxygens (including phenoxy) is 2. The lowest BCUT2D eigenvalue weighted by atomic mass is 10.1. The normalized spacial score (nSPS) is 11.3. The summed E-state index contributed by atoms with van der Waals surface area (Å²) in [5.41, 5.74) is 2.84. The predicted octanol–water partition coefficient (Wildman–Crippen LogP) is 4.23. The number of halogens is 3. The third-order valence-corrected chi connectivity index (χ3v) is 6.85. The quantitative estimate of drug-likeness (QED) is 0.295. The summed E-state index contributed by atoms with van der Waals surface area (Å²) in [5, 5.41) is -0.373. The molecule has 38 heavy (non-hydrogen) atoms.